The van der Waals surface area contributed by atoms with Crippen LogP contribution in [0, 0.1) is 61.6 Å². The third kappa shape index (κ3) is 26.7. The van der Waals surface area contributed by atoms with Crippen molar-refractivity contribution in [1.82, 2.24) is 0 Å². The minimum absolute atomic E-state index is 0. The van der Waals surface area contributed by atoms with Crippen LogP contribution in [0.1, 0.15) is 29.7 Å². The maximum Gasteiger partial charge on any atom is 0.338 e. The zero-order chi connectivity index (χ0) is 105. The molecule has 0 aliphatic carbocycles. The van der Waals surface area contributed by atoms with E-state index in [2.05, 4.69) is 250 Å². The zero-order valence-corrected chi connectivity index (χ0v) is 83.2. The molecule has 6 N–H and O–H groups in total. The third-order valence-electron chi connectivity index (χ3n) is 24.4. The monoisotopic (exact) mass is 2090 g/mol. The van der Waals surface area contributed by atoms with E-state index in [1.54, 1.807) is 60.7 Å². The number of rotatable bonds is 21. The Balaban J connectivity index is 0.000000147. The first-order valence-electron chi connectivity index (χ1n) is 47.1. The summed E-state index contributed by atoms with van der Waals surface area (Å²) in [6, 6.07) is 141. The third-order valence-corrected chi connectivity index (χ3v) is 25.1. The number of aryl methyl sites for hydroxylation is 4. The lowest BCUT2D eigenvalue weighted by Crippen LogP contribution is -2.29. The average molecular weight is 2090 g/mol. The number of non-ortho nitro benzene ring substituents is 3. The van der Waals surface area contributed by atoms with E-state index in [1.165, 1.54) is 81.0 Å². The number of nitro benzene ring substituents is 3. The molecule has 25 heteroatoms. The first-order valence-corrected chi connectivity index (χ1v) is 48.2. The first kappa shape index (κ1) is 105. The fourth-order valence-corrected chi connectivity index (χ4v) is 16.7. The van der Waals surface area contributed by atoms with Crippen LogP contribution in [0.25, 0.3) is 77.9 Å². The fraction of sp³-hybridized carbons (Fsp3) is 0.0400. The summed E-state index contributed by atoms with van der Waals surface area (Å²) in [4.78, 5) is 108. The molecule has 3 aliphatic rings. The molecule has 3 heterocycles. The quantitative estimate of drug-likeness (QED) is 0.0114. The second-order valence-electron chi connectivity index (χ2n) is 34.7. The van der Waals surface area contributed by atoms with Crippen molar-refractivity contribution in [3.63, 3.8) is 0 Å². The molecule has 24 nitrogen and oxygen atoms in total. The molecule has 0 bridgehead atoms. The van der Waals surface area contributed by atoms with Crippen LogP contribution in [0.3, 0.4) is 0 Å². The Labute approximate surface area is 881 Å². The molecule has 0 spiro atoms. The molecule has 0 aromatic heterocycles. The van der Waals surface area contributed by atoms with Gasteiger partial charge in [-0.3, -0.25) is 49.5 Å². The number of carbonyl (C=O) groups excluding carboxylic acids is 6. The van der Waals surface area contributed by atoms with Crippen LogP contribution in [-0.4, -0.2) is 50.3 Å². The van der Waals surface area contributed by atoms with E-state index in [0.717, 1.165) is 174 Å². The normalized spacial score (nSPS) is 11.8. The number of anilines is 14. The van der Waals surface area contributed by atoms with E-state index in [-0.39, 0.29) is 48.1 Å². The maximum atomic E-state index is 12.1. The minimum atomic E-state index is -0.579. The number of nitrogens with zero attached hydrogens (tertiary/aromatic N) is 8. The number of ether oxygens (including phenoxy) is 1. The second kappa shape index (κ2) is 48.6. The van der Waals surface area contributed by atoms with Gasteiger partial charge in [0, 0.05) is 145 Å². The van der Waals surface area contributed by atoms with E-state index in [1.807, 2.05) is 159 Å². The predicted molar refractivity (Wildman–Crippen MR) is 609 cm³/mol. The second-order valence-corrected chi connectivity index (χ2v) is 36.0. The van der Waals surface area contributed by atoms with E-state index < -0.39 is 26.7 Å². The van der Waals surface area contributed by atoms with Crippen molar-refractivity contribution in [2.45, 2.75) is 35.1 Å². The Morgan fingerprint density at radius 2 is 0.367 bits per heavy atom. The van der Waals surface area contributed by atoms with Gasteiger partial charge in [-0.1, -0.05) is 212 Å². The Hall–Kier alpha value is -19.7. The van der Waals surface area contributed by atoms with Crippen LogP contribution in [0.5, 0.6) is 0 Å². The van der Waals surface area contributed by atoms with Gasteiger partial charge in [-0.2, -0.15) is 0 Å². The smallest absolute Gasteiger partial charge is 0.338 e. The molecular formula is C125H100IN11O13. The number of nitrogen functional groups attached to an aromatic ring is 3. The fourth-order valence-electron chi connectivity index (χ4n) is 16.3. The zero-order valence-electron chi connectivity index (χ0n) is 81.0. The van der Waals surface area contributed by atoms with Crippen molar-refractivity contribution in [3.05, 3.63) is 529 Å². The standard InChI is InChI=1S/C39H27N3O4.C31H23N3O4.C31H27N3.C12H8INO2.C7H9N.C4H2O3.CH4/c1-26-2-12-31(13-3-26)40(32-14-4-27(5-15-32)29-8-18-34(19-9-29)41-36(43)22-23-37(41)44)33-16-6-28(7-17-33)30-10-20-35(21-11-30)42-38(45)24-25-39(42)46;1-22-2-12-27(13-3-22)32(28-14-4-23(5-15-28)25-8-18-30(19-9-25)33(35)36)29-16-6-24(7-17-29)26-10-20-31(21-11-26)34(37)38;1-22-2-16-29(17-3-22)34(30-18-8-25(9-19-30)23-4-12-27(32)13-5-23)31-20-10-26(11-21-31)24-6-14-28(33)15-7-24;13-11-5-1-9(2-6-11)10-3-7-12(8-4-10)14(15)16;1-6-2-4-7(8)5-3-6;5-3-1-2-4(6)7-3;/h2-25H,1H3;2-21H,1H3;2-21H,32-33H2,1H3;1-8H;2-5H,8H2,1H3;1-2H;1H4. The number of amides is 4. The van der Waals surface area contributed by atoms with Crippen LogP contribution in [0.4, 0.5) is 96.7 Å². The van der Waals surface area contributed by atoms with Gasteiger partial charge in [0.15, 0.2) is 0 Å². The van der Waals surface area contributed by atoms with Gasteiger partial charge in [0.25, 0.3) is 40.7 Å². The van der Waals surface area contributed by atoms with Crippen LogP contribution < -0.4 is 41.7 Å². The molecule has 0 fully saturated rings. The number of imide groups is 2. The summed E-state index contributed by atoms with van der Waals surface area (Å²) < 4.78 is 5.14. The largest absolute Gasteiger partial charge is 0.399 e. The molecule has 3 aliphatic heterocycles. The molecule has 150 heavy (non-hydrogen) atoms. The Morgan fingerprint density at radius 1 is 0.220 bits per heavy atom. The molecule has 0 atom stereocenters. The van der Waals surface area contributed by atoms with Gasteiger partial charge in [0.1, 0.15) is 0 Å². The number of benzene rings is 18. The lowest BCUT2D eigenvalue weighted by Gasteiger charge is -2.26. The van der Waals surface area contributed by atoms with Gasteiger partial charge in [-0.05, 0) is 347 Å². The number of nitro groups is 3. The molecule has 740 valence electrons. The summed E-state index contributed by atoms with van der Waals surface area (Å²) in [5.41, 5.74) is 49.2. The van der Waals surface area contributed by atoms with Crippen LogP contribution in [-0.2, 0) is 33.5 Å². The Bertz CT molecular complexity index is 7560. The van der Waals surface area contributed by atoms with Gasteiger partial charge < -0.3 is 36.6 Å². The minimum Gasteiger partial charge on any atom is -0.399 e. The number of hydrogen-bond donors (Lipinski definition) is 3. The van der Waals surface area contributed by atoms with E-state index >= 15 is 0 Å². The lowest BCUT2D eigenvalue weighted by molar-refractivity contribution is -0.385. The van der Waals surface area contributed by atoms with Crippen LogP contribution in [0.2, 0.25) is 0 Å². The van der Waals surface area contributed by atoms with Crippen molar-refractivity contribution >= 4 is 155 Å². The number of halogens is 1. The van der Waals surface area contributed by atoms with Gasteiger partial charge in [0.2, 0.25) is 0 Å². The summed E-state index contributed by atoms with van der Waals surface area (Å²) in [5, 5.41) is 32.4. The van der Waals surface area contributed by atoms with E-state index in [9.17, 15) is 59.1 Å². The molecule has 0 radical (unpaired) electrons. The maximum absolute atomic E-state index is 12.1. The topological polar surface area (TPSA) is 335 Å². The molecule has 18 aromatic rings. The van der Waals surface area contributed by atoms with Crippen LogP contribution in [0.15, 0.2) is 473 Å². The highest BCUT2D eigenvalue weighted by Gasteiger charge is 2.28. The Kier molecular flexibility index (Phi) is 33.9. The summed E-state index contributed by atoms with van der Waals surface area (Å²) in [7, 11) is 0. The van der Waals surface area contributed by atoms with Crippen molar-refractivity contribution in [2.75, 3.05) is 41.7 Å². The average Bonchev–Trinajstić information content (AvgIpc) is 1.23. The molecule has 0 saturated heterocycles. The van der Waals surface area contributed by atoms with E-state index in [4.69, 9.17) is 17.2 Å². The van der Waals surface area contributed by atoms with Gasteiger partial charge in [0.05, 0.1) is 26.1 Å². The summed E-state index contributed by atoms with van der Waals surface area (Å²) >= 11 is 2.24. The molecule has 18 aromatic carbocycles. The molecular weight excluding hydrogens is 1990 g/mol. The number of cyclic esters (lactones) is 2. The van der Waals surface area contributed by atoms with Crippen molar-refractivity contribution in [1.29, 1.82) is 0 Å². The van der Waals surface area contributed by atoms with Crippen molar-refractivity contribution in [3.8, 4) is 77.9 Å². The first-order chi connectivity index (χ1) is 72.0. The van der Waals surface area contributed by atoms with Crippen molar-refractivity contribution < 1.29 is 48.3 Å². The highest BCUT2D eigenvalue weighted by atomic mass is 127. The predicted octanol–water partition coefficient (Wildman–Crippen LogP) is 29.9. The van der Waals surface area contributed by atoms with Gasteiger partial charge in [-0.25, -0.2) is 19.4 Å². The Morgan fingerprint density at radius 3 is 0.533 bits per heavy atom. The number of nitrogens with two attached hydrogens (primary N) is 3. The number of carbonyl (C=O) groups is 6. The highest BCUT2D eigenvalue weighted by molar-refractivity contribution is 14.1. The van der Waals surface area contributed by atoms with Crippen LogP contribution >= 0.6 is 22.6 Å². The molecule has 0 unspecified atom stereocenters. The lowest BCUT2D eigenvalue weighted by atomic mass is 10.0. The molecule has 0 saturated carbocycles. The molecule has 21 rings (SSSR count). The molecule has 4 amide bonds. The number of esters is 2. The van der Waals surface area contributed by atoms with Gasteiger partial charge in [-0.15, -0.1) is 0 Å². The SMILES string of the molecule is C.Cc1ccc(N(c2ccc(-c3ccc(N)cc3)cc2)c2ccc(-c3ccc(N)cc3)cc2)cc1.Cc1ccc(N(c2ccc(-c3ccc(N4C(=O)C=CC4=O)cc3)cc2)c2ccc(-c3ccc(N4C(=O)C=CC4=O)cc3)cc2)cc1.Cc1ccc(N(c2ccc(-c3ccc([N+](=O)[O-])cc3)cc2)c2ccc(-c3ccc([N+](=O)[O-])cc3)cc2)cc1.Cc1ccc(N)cc1.O=C1C=CC(=O)O1.O=[N+]([O-])c1ccc(-c2ccc(I)cc2)cc1. The summed E-state index contributed by atoms with van der Waals surface area (Å²) in [5.74, 6) is -2.51. The van der Waals surface area contributed by atoms with E-state index in [0.29, 0.717) is 11.4 Å². The van der Waals surface area contributed by atoms with Crippen molar-refractivity contribution in [2.24, 2.45) is 0 Å². The van der Waals surface area contributed by atoms with Gasteiger partial charge >= 0.3 is 11.9 Å². The summed E-state index contributed by atoms with van der Waals surface area (Å²) in [6.07, 6.45) is 7.29. The number of hydrogen-bond acceptors (Lipinski definition) is 19. The summed E-state index contributed by atoms with van der Waals surface area (Å²) in [6.45, 7) is 8.26. The highest BCUT2D eigenvalue weighted by Crippen LogP contribution is 2.43.